The van der Waals surface area contributed by atoms with Crippen molar-refractivity contribution in [3.8, 4) is 0 Å². The Balaban J connectivity index is 2.68. The largest absolute Gasteiger partial charge is 0.478 e. The third kappa shape index (κ3) is 4.10. The molecule has 1 rings (SSSR count). The van der Waals surface area contributed by atoms with Crippen LogP contribution in [0, 0.1) is 5.92 Å². The molecular formula is C11H14N2O4. The second-order valence-electron chi connectivity index (χ2n) is 3.84. The summed E-state index contributed by atoms with van der Waals surface area (Å²) in [4.78, 5) is 25.9. The van der Waals surface area contributed by atoms with Crippen LogP contribution in [0.5, 0.6) is 0 Å². The first-order chi connectivity index (χ1) is 8.00. The van der Waals surface area contributed by atoms with Gasteiger partial charge < -0.3 is 9.84 Å². The number of nitrogens with one attached hydrogen (secondary N) is 1. The van der Waals surface area contributed by atoms with Gasteiger partial charge in [0.15, 0.2) is 0 Å². The zero-order valence-electron chi connectivity index (χ0n) is 9.64. The fraction of sp³-hybridized carbons (Fsp3) is 0.364. The number of nitrogens with zero attached hydrogens (tertiary/aromatic N) is 1. The average Bonchev–Trinajstić information content (AvgIpc) is 2.27. The van der Waals surface area contributed by atoms with Crippen LogP contribution in [0.2, 0.25) is 0 Å². The van der Waals surface area contributed by atoms with Crippen molar-refractivity contribution in [2.45, 2.75) is 13.8 Å². The monoisotopic (exact) mass is 238 g/mol. The molecule has 92 valence electrons. The zero-order valence-corrected chi connectivity index (χ0v) is 9.64. The average molecular weight is 238 g/mol. The molecule has 1 heterocycles. The fourth-order valence-electron chi connectivity index (χ4n) is 1.07. The lowest BCUT2D eigenvalue weighted by atomic mass is 10.2. The van der Waals surface area contributed by atoms with E-state index in [0.717, 1.165) is 0 Å². The first-order valence-corrected chi connectivity index (χ1v) is 5.11. The standard InChI is InChI=1S/C11H14N2O4/c1-7(2)6-17-11(16)13-9-5-12-4-3-8(9)10(14)15/h3-5,7H,6H2,1-2H3,(H,13,16)(H,14,15). The summed E-state index contributed by atoms with van der Waals surface area (Å²) in [6, 6.07) is 1.31. The van der Waals surface area contributed by atoms with Crippen LogP contribution in [-0.4, -0.2) is 28.8 Å². The third-order valence-corrected chi connectivity index (χ3v) is 1.84. The van der Waals surface area contributed by atoms with Crippen molar-refractivity contribution in [2.75, 3.05) is 11.9 Å². The van der Waals surface area contributed by atoms with Crippen LogP contribution >= 0.6 is 0 Å². The Bertz CT molecular complexity index is 418. The topological polar surface area (TPSA) is 88.5 Å². The molecule has 6 heteroatoms. The lowest BCUT2D eigenvalue weighted by Gasteiger charge is -2.09. The number of pyridine rings is 1. The van der Waals surface area contributed by atoms with Crippen LogP contribution in [0.3, 0.4) is 0 Å². The third-order valence-electron chi connectivity index (χ3n) is 1.84. The smallest absolute Gasteiger partial charge is 0.411 e. The van der Waals surface area contributed by atoms with Crippen LogP contribution in [0.4, 0.5) is 10.5 Å². The van der Waals surface area contributed by atoms with Gasteiger partial charge in [0.25, 0.3) is 0 Å². The molecule has 0 atom stereocenters. The summed E-state index contributed by atoms with van der Waals surface area (Å²) in [5.41, 5.74) is 0.0928. The second-order valence-corrected chi connectivity index (χ2v) is 3.84. The van der Waals surface area contributed by atoms with Gasteiger partial charge in [-0.1, -0.05) is 13.8 Å². The highest BCUT2D eigenvalue weighted by Crippen LogP contribution is 2.13. The van der Waals surface area contributed by atoms with E-state index in [1.54, 1.807) is 0 Å². The molecule has 17 heavy (non-hydrogen) atoms. The van der Waals surface area contributed by atoms with E-state index in [1.807, 2.05) is 13.8 Å². The molecule has 0 spiro atoms. The Morgan fingerprint density at radius 3 is 2.82 bits per heavy atom. The normalized spacial score (nSPS) is 10.1. The van der Waals surface area contributed by atoms with Gasteiger partial charge in [-0.3, -0.25) is 10.3 Å². The first-order valence-electron chi connectivity index (χ1n) is 5.11. The molecule has 1 amide bonds. The Morgan fingerprint density at radius 1 is 1.53 bits per heavy atom. The predicted molar refractivity (Wildman–Crippen MR) is 61.0 cm³/mol. The highest BCUT2D eigenvalue weighted by Gasteiger charge is 2.12. The van der Waals surface area contributed by atoms with Crippen LogP contribution < -0.4 is 5.32 Å². The molecule has 0 aliphatic carbocycles. The van der Waals surface area contributed by atoms with E-state index in [4.69, 9.17) is 9.84 Å². The molecule has 0 saturated carbocycles. The number of aromatic carboxylic acids is 1. The molecule has 1 aromatic heterocycles. The fourth-order valence-corrected chi connectivity index (χ4v) is 1.07. The van der Waals surface area contributed by atoms with Crippen molar-refractivity contribution in [3.63, 3.8) is 0 Å². The number of ether oxygens (including phenoxy) is 1. The minimum Gasteiger partial charge on any atom is -0.478 e. The van der Waals surface area contributed by atoms with Gasteiger partial charge in [-0.05, 0) is 12.0 Å². The molecule has 2 N–H and O–H groups in total. The van der Waals surface area contributed by atoms with Gasteiger partial charge in [-0.2, -0.15) is 0 Å². The van der Waals surface area contributed by atoms with Gasteiger partial charge >= 0.3 is 12.1 Å². The van der Waals surface area contributed by atoms with Crippen LogP contribution in [0.25, 0.3) is 0 Å². The number of anilines is 1. The van der Waals surface area contributed by atoms with Gasteiger partial charge in [-0.15, -0.1) is 0 Å². The Morgan fingerprint density at radius 2 is 2.24 bits per heavy atom. The molecule has 0 aromatic carbocycles. The Hall–Kier alpha value is -2.11. The number of carbonyl (C=O) groups is 2. The summed E-state index contributed by atoms with van der Waals surface area (Å²) in [5.74, 6) is -0.917. The Labute approximate surface area is 98.6 Å². The highest BCUT2D eigenvalue weighted by atomic mass is 16.5. The lowest BCUT2D eigenvalue weighted by Crippen LogP contribution is -2.18. The molecule has 0 saturated heterocycles. The number of hydrogen-bond donors (Lipinski definition) is 2. The Kier molecular flexibility index (Phi) is 4.45. The molecular weight excluding hydrogens is 224 g/mol. The maximum Gasteiger partial charge on any atom is 0.411 e. The SMILES string of the molecule is CC(C)COC(=O)Nc1cnccc1C(=O)O. The first kappa shape index (κ1) is 13.0. The summed E-state index contributed by atoms with van der Waals surface area (Å²) >= 11 is 0. The number of rotatable bonds is 4. The molecule has 0 unspecified atom stereocenters. The number of carbonyl (C=O) groups excluding carboxylic acids is 1. The van der Waals surface area contributed by atoms with E-state index in [1.165, 1.54) is 18.5 Å². The van der Waals surface area contributed by atoms with E-state index in [2.05, 4.69) is 10.3 Å². The molecule has 1 aromatic rings. The van der Waals surface area contributed by atoms with Crippen LogP contribution in [0.1, 0.15) is 24.2 Å². The maximum atomic E-state index is 11.3. The summed E-state index contributed by atoms with van der Waals surface area (Å²) < 4.78 is 4.87. The van der Waals surface area contributed by atoms with E-state index >= 15 is 0 Å². The van der Waals surface area contributed by atoms with E-state index in [0.29, 0.717) is 0 Å². The van der Waals surface area contributed by atoms with Crippen molar-refractivity contribution in [3.05, 3.63) is 24.0 Å². The van der Waals surface area contributed by atoms with Crippen molar-refractivity contribution in [2.24, 2.45) is 5.92 Å². The number of carboxylic acid groups (broad SMARTS) is 1. The van der Waals surface area contributed by atoms with E-state index < -0.39 is 12.1 Å². The van der Waals surface area contributed by atoms with Crippen LogP contribution in [0.15, 0.2) is 18.5 Å². The quantitative estimate of drug-likeness (QED) is 0.837. The summed E-state index contributed by atoms with van der Waals surface area (Å²) in [6.07, 6.45) is 1.92. The molecule has 0 aliphatic rings. The van der Waals surface area contributed by atoms with E-state index in [-0.39, 0.29) is 23.8 Å². The minimum atomic E-state index is -1.13. The summed E-state index contributed by atoms with van der Waals surface area (Å²) in [6.45, 7) is 4.08. The van der Waals surface area contributed by atoms with Gasteiger partial charge in [0.05, 0.1) is 24.1 Å². The predicted octanol–water partition coefficient (Wildman–Crippen LogP) is 1.98. The van der Waals surface area contributed by atoms with Gasteiger partial charge in [0, 0.05) is 6.20 Å². The number of hydrogen-bond acceptors (Lipinski definition) is 4. The number of amides is 1. The second kappa shape index (κ2) is 5.83. The number of carboxylic acids is 1. The van der Waals surface area contributed by atoms with Gasteiger partial charge in [-0.25, -0.2) is 9.59 Å². The lowest BCUT2D eigenvalue weighted by molar-refractivity contribution is 0.0698. The number of aromatic nitrogens is 1. The minimum absolute atomic E-state index is 0.0264. The van der Waals surface area contributed by atoms with Gasteiger partial charge in [0.1, 0.15) is 0 Å². The molecule has 0 radical (unpaired) electrons. The molecule has 0 bridgehead atoms. The van der Waals surface area contributed by atoms with Crippen molar-refractivity contribution in [1.29, 1.82) is 0 Å². The van der Waals surface area contributed by atoms with Crippen molar-refractivity contribution in [1.82, 2.24) is 4.98 Å². The zero-order chi connectivity index (χ0) is 12.8. The van der Waals surface area contributed by atoms with Crippen LogP contribution in [-0.2, 0) is 4.74 Å². The summed E-state index contributed by atoms with van der Waals surface area (Å²) in [7, 11) is 0. The molecule has 6 nitrogen and oxygen atoms in total. The van der Waals surface area contributed by atoms with Crippen molar-refractivity contribution >= 4 is 17.7 Å². The van der Waals surface area contributed by atoms with Gasteiger partial charge in [0.2, 0.25) is 0 Å². The van der Waals surface area contributed by atoms with Crippen molar-refractivity contribution < 1.29 is 19.4 Å². The maximum absolute atomic E-state index is 11.3. The molecule has 0 fully saturated rings. The highest BCUT2D eigenvalue weighted by molar-refractivity contribution is 5.98. The molecule has 0 aliphatic heterocycles. The summed E-state index contributed by atoms with van der Waals surface area (Å²) in [5, 5.41) is 11.2. The van der Waals surface area contributed by atoms with E-state index in [9.17, 15) is 9.59 Å².